The first-order valence-electron chi connectivity index (χ1n) is 9.51. The van der Waals surface area contributed by atoms with Gasteiger partial charge in [-0.05, 0) is 53.1 Å². The standard InChI is InChI=1S/C26H17F2NO2.2CH4/c1-29-22-10-4-18(5-11-22)19-6-12-23(13-7-19)30-17-31-24-14-15-25(26(28)16-24)20-2-8-21(27)9-3-20;;/h2-16H,17H2;2*1H4. The molecule has 0 fully saturated rings. The summed E-state index contributed by atoms with van der Waals surface area (Å²) >= 11 is 0. The predicted molar refractivity (Wildman–Crippen MR) is 130 cm³/mol. The molecule has 4 rings (SSSR count). The van der Waals surface area contributed by atoms with E-state index < -0.39 is 5.82 Å². The smallest absolute Gasteiger partial charge is 0.230 e. The van der Waals surface area contributed by atoms with Crippen LogP contribution in [-0.4, -0.2) is 6.79 Å². The molecule has 0 radical (unpaired) electrons. The van der Waals surface area contributed by atoms with Gasteiger partial charge in [-0.25, -0.2) is 13.6 Å². The lowest BCUT2D eigenvalue weighted by Gasteiger charge is -2.11. The zero-order valence-electron chi connectivity index (χ0n) is 16.4. The highest BCUT2D eigenvalue weighted by Crippen LogP contribution is 2.27. The highest BCUT2D eigenvalue weighted by molar-refractivity contribution is 5.67. The Morgan fingerprint density at radius 1 is 0.636 bits per heavy atom. The largest absolute Gasteiger partial charge is 0.458 e. The van der Waals surface area contributed by atoms with E-state index in [1.54, 1.807) is 24.3 Å². The van der Waals surface area contributed by atoms with Gasteiger partial charge in [0.05, 0.1) is 6.57 Å². The molecule has 0 N–H and O–H groups in total. The van der Waals surface area contributed by atoms with E-state index in [0.29, 0.717) is 28.3 Å². The van der Waals surface area contributed by atoms with E-state index in [1.165, 1.54) is 30.3 Å². The summed E-state index contributed by atoms with van der Waals surface area (Å²) in [6.45, 7) is 6.93. The second-order valence-corrected chi connectivity index (χ2v) is 6.74. The molecular weight excluding hydrogens is 420 g/mol. The molecule has 0 saturated carbocycles. The molecule has 0 aromatic heterocycles. The Bertz CT molecular complexity index is 1210. The van der Waals surface area contributed by atoms with Gasteiger partial charge in [-0.15, -0.1) is 0 Å². The van der Waals surface area contributed by atoms with Gasteiger partial charge in [0.2, 0.25) is 6.79 Å². The van der Waals surface area contributed by atoms with Crippen molar-refractivity contribution >= 4 is 5.69 Å². The van der Waals surface area contributed by atoms with Crippen molar-refractivity contribution in [1.82, 2.24) is 0 Å². The molecule has 33 heavy (non-hydrogen) atoms. The van der Waals surface area contributed by atoms with Crippen LogP contribution in [0.25, 0.3) is 27.1 Å². The summed E-state index contributed by atoms with van der Waals surface area (Å²) in [4.78, 5) is 3.39. The van der Waals surface area contributed by atoms with Crippen molar-refractivity contribution in [3.63, 3.8) is 0 Å². The van der Waals surface area contributed by atoms with Gasteiger partial charge in [0.25, 0.3) is 0 Å². The maximum Gasteiger partial charge on any atom is 0.230 e. The van der Waals surface area contributed by atoms with Crippen molar-refractivity contribution in [2.45, 2.75) is 14.9 Å². The Hall–Kier alpha value is -4.17. The molecule has 0 aliphatic carbocycles. The lowest BCUT2D eigenvalue weighted by Crippen LogP contribution is -2.05. The summed E-state index contributed by atoms with van der Waals surface area (Å²) in [5, 5.41) is 0. The Morgan fingerprint density at radius 3 is 1.73 bits per heavy atom. The molecule has 5 heteroatoms. The molecular formula is C28H25F2NO2. The third-order valence-electron chi connectivity index (χ3n) is 4.73. The number of hydrogen-bond acceptors (Lipinski definition) is 2. The molecule has 168 valence electrons. The van der Waals surface area contributed by atoms with Crippen LogP contribution in [0.15, 0.2) is 91.0 Å². The van der Waals surface area contributed by atoms with E-state index in [1.807, 2.05) is 36.4 Å². The Labute approximate surface area is 193 Å². The van der Waals surface area contributed by atoms with E-state index in [-0.39, 0.29) is 27.5 Å². The summed E-state index contributed by atoms with van der Waals surface area (Å²) < 4.78 is 38.5. The number of ether oxygens (including phenoxy) is 2. The summed E-state index contributed by atoms with van der Waals surface area (Å²) in [5.41, 5.74) is 3.57. The zero-order valence-corrected chi connectivity index (χ0v) is 16.4. The minimum atomic E-state index is -0.460. The minimum absolute atomic E-state index is 0. The average molecular weight is 446 g/mol. The van der Waals surface area contributed by atoms with Crippen LogP contribution in [0, 0.1) is 18.2 Å². The number of nitrogens with zero attached hydrogens (tertiary/aromatic N) is 1. The molecule has 0 unspecified atom stereocenters. The lowest BCUT2D eigenvalue weighted by molar-refractivity contribution is 0.119. The maximum atomic E-state index is 14.4. The molecule has 3 nitrogen and oxygen atoms in total. The molecule has 4 aromatic rings. The Balaban J connectivity index is 0.00000193. The third kappa shape index (κ3) is 6.18. The van der Waals surface area contributed by atoms with Gasteiger partial charge in [0.1, 0.15) is 23.1 Å². The maximum absolute atomic E-state index is 14.4. The predicted octanol–water partition coefficient (Wildman–Crippen LogP) is 8.54. The fourth-order valence-corrected chi connectivity index (χ4v) is 3.09. The normalized spacial score (nSPS) is 9.73. The summed E-state index contributed by atoms with van der Waals surface area (Å²) in [5.74, 6) is 0.120. The van der Waals surface area contributed by atoms with Crippen LogP contribution in [-0.2, 0) is 0 Å². The van der Waals surface area contributed by atoms with E-state index in [2.05, 4.69) is 4.85 Å². The first-order valence-corrected chi connectivity index (χ1v) is 9.51. The van der Waals surface area contributed by atoms with E-state index in [4.69, 9.17) is 16.0 Å². The van der Waals surface area contributed by atoms with Gasteiger partial charge in [-0.3, -0.25) is 0 Å². The highest BCUT2D eigenvalue weighted by atomic mass is 19.1. The molecule has 0 aliphatic heterocycles. The molecule has 0 amide bonds. The van der Waals surface area contributed by atoms with Crippen molar-refractivity contribution in [2.24, 2.45) is 0 Å². The third-order valence-corrected chi connectivity index (χ3v) is 4.73. The Morgan fingerprint density at radius 2 is 1.15 bits per heavy atom. The van der Waals surface area contributed by atoms with Crippen LogP contribution < -0.4 is 9.47 Å². The fourth-order valence-electron chi connectivity index (χ4n) is 3.09. The number of halogens is 2. The van der Waals surface area contributed by atoms with Gasteiger partial charge < -0.3 is 9.47 Å². The summed E-state index contributed by atoms with van der Waals surface area (Å²) in [6, 6.07) is 25.0. The number of rotatable bonds is 6. The highest BCUT2D eigenvalue weighted by Gasteiger charge is 2.07. The number of benzene rings is 4. The SMILES string of the molecule is C.C.[C-]#[N+]c1ccc(-c2ccc(OCOc3ccc(-c4ccc(F)cc4)c(F)c3)cc2)cc1. The van der Waals surface area contributed by atoms with Crippen molar-refractivity contribution in [2.75, 3.05) is 6.79 Å². The van der Waals surface area contributed by atoms with Crippen LogP contribution in [0.5, 0.6) is 11.5 Å². The molecule has 4 aromatic carbocycles. The first kappa shape index (κ1) is 25.1. The summed E-state index contributed by atoms with van der Waals surface area (Å²) in [7, 11) is 0. The minimum Gasteiger partial charge on any atom is -0.458 e. The van der Waals surface area contributed by atoms with Crippen LogP contribution in [0.1, 0.15) is 14.9 Å². The van der Waals surface area contributed by atoms with Crippen LogP contribution in [0.3, 0.4) is 0 Å². The molecule has 0 bridgehead atoms. The second-order valence-electron chi connectivity index (χ2n) is 6.74. The molecule has 0 atom stereocenters. The van der Waals surface area contributed by atoms with E-state index in [0.717, 1.165) is 11.1 Å². The fraction of sp³-hybridized carbons (Fsp3) is 0.107. The van der Waals surface area contributed by atoms with Crippen molar-refractivity contribution < 1.29 is 18.3 Å². The van der Waals surface area contributed by atoms with E-state index >= 15 is 0 Å². The van der Waals surface area contributed by atoms with Gasteiger partial charge in [-0.1, -0.05) is 63.4 Å². The zero-order chi connectivity index (χ0) is 21.6. The molecule has 0 aliphatic rings. The van der Waals surface area contributed by atoms with Gasteiger partial charge in [0, 0.05) is 11.6 Å². The number of hydrogen-bond donors (Lipinski definition) is 0. The van der Waals surface area contributed by atoms with Gasteiger partial charge in [0.15, 0.2) is 5.69 Å². The van der Waals surface area contributed by atoms with Crippen molar-refractivity contribution in [3.05, 3.63) is 114 Å². The monoisotopic (exact) mass is 445 g/mol. The Kier molecular flexibility index (Phi) is 8.71. The van der Waals surface area contributed by atoms with Gasteiger partial charge in [-0.2, -0.15) is 0 Å². The van der Waals surface area contributed by atoms with Crippen LogP contribution >= 0.6 is 0 Å². The van der Waals surface area contributed by atoms with Gasteiger partial charge >= 0.3 is 0 Å². The topological polar surface area (TPSA) is 22.8 Å². The molecule has 0 saturated heterocycles. The lowest BCUT2D eigenvalue weighted by atomic mass is 10.1. The van der Waals surface area contributed by atoms with E-state index in [9.17, 15) is 8.78 Å². The quantitative estimate of drug-likeness (QED) is 0.219. The van der Waals surface area contributed by atoms with Crippen molar-refractivity contribution in [3.8, 4) is 33.8 Å². The molecule has 0 heterocycles. The van der Waals surface area contributed by atoms with Crippen LogP contribution in [0.2, 0.25) is 0 Å². The average Bonchev–Trinajstić information content (AvgIpc) is 2.80. The van der Waals surface area contributed by atoms with Crippen molar-refractivity contribution in [1.29, 1.82) is 0 Å². The van der Waals surface area contributed by atoms with Crippen LogP contribution in [0.4, 0.5) is 14.5 Å². The second kappa shape index (κ2) is 11.4. The first-order chi connectivity index (χ1) is 15.1. The molecule has 0 spiro atoms. The summed E-state index contributed by atoms with van der Waals surface area (Å²) in [6.07, 6.45) is 0.